The average Bonchev–Trinajstić information content (AvgIpc) is 2.17. The normalized spacial score (nSPS) is 10.8. The molecule has 2 amide bonds. The molecule has 15 heavy (non-hydrogen) atoms. The zero-order valence-electron chi connectivity index (χ0n) is 10.1. The fraction of sp³-hybridized carbons (Fsp3) is 0.600. The molecule has 0 aliphatic heterocycles. The molecule has 0 spiro atoms. The van der Waals surface area contributed by atoms with Crippen LogP contribution in [0.4, 0.5) is 0 Å². The smallest absolute Gasteiger partial charge is 0.331 e. The van der Waals surface area contributed by atoms with Crippen molar-refractivity contribution in [2.24, 2.45) is 0 Å². The molecule has 4 nitrogen and oxygen atoms in total. The van der Waals surface area contributed by atoms with Crippen LogP contribution in [0.15, 0.2) is 11.8 Å². The molecule has 85 valence electrons. The van der Waals surface area contributed by atoms with Gasteiger partial charge in [0, 0.05) is 27.9 Å². The van der Waals surface area contributed by atoms with Crippen LogP contribution in [-0.2, 0) is 9.59 Å². The number of hydrogen-bond donors (Lipinski definition) is 0. The van der Waals surface area contributed by atoms with Crippen LogP contribution < -0.4 is 0 Å². The molecule has 0 saturated heterocycles. The number of carbonyl (C=O) groups excluding carboxylic acids is 2. The zero-order valence-corrected chi connectivity index (χ0v) is 11.1. The highest BCUT2D eigenvalue weighted by Crippen LogP contribution is 2.01. The van der Waals surface area contributed by atoms with Gasteiger partial charge in [-0.3, -0.25) is 9.59 Å². The lowest BCUT2D eigenvalue weighted by molar-refractivity contribution is -0.125. The van der Waals surface area contributed by atoms with Gasteiger partial charge in [-0.25, -0.2) is 0 Å². The maximum Gasteiger partial charge on any atom is 0.331 e. The molecule has 0 aromatic carbocycles. The van der Waals surface area contributed by atoms with Crippen LogP contribution in [0.5, 0.6) is 0 Å². The van der Waals surface area contributed by atoms with Crippen LogP contribution in [0.1, 0.15) is 27.2 Å². The summed E-state index contributed by atoms with van der Waals surface area (Å²) in [6, 6.07) is 0. The van der Waals surface area contributed by atoms with Crippen LogP contribution in [0.25, 0.3) is 0 Å². The van der Waals surface area contributed by atoms with Crippen LogP contribution in [0.3, 0.4) is 0 Å². The summed E-state index contributed by atoms with van der Waals surface area (Å²) >= 11 is 0. The summed E-state index contributed by atoms with van der Waals surface area (Å²) in [5.41, 5.74) is 1.97. The molecule has 0 heterocycles. The molecular weight excluding hydrogens is 208 g/mol. The molecule has 5 heteroatoms. The van der Waals surface area contributed by atoms with Crippen molar-refractivity contribution >= 4 is 20.9 Å². The van der Waals surface area contributed by atoms with Gasteiger partial charge in [-0.1, -0.05) is 18.7 Å². The maximum atomic E-state index is 11.3. The third-order valence-corrected chi connectivity index (χ3v) is 4.67. The van der Waals surface area contributed by atoms with Gasteiger partial charge in [0.25, 0.3) is 0 Å². The predicted octanol–water partition coefficient (Wildman–Crippen LogP) is 0.937. The molecule has 0 saturated carbocycles. The van der Waals surface area contributed by atoms with Crippen molar-refractivity contribution < 1.29 is 9.59 Å². The number of carbonyl (C=O) groups is 2. The summed E-state index contributed by atoms with van der Waals surface area (Å²) in [5.74, 6) is -0.0320. The van der Waals surface area contributed by atoms with Crippen molar-refractivity contribution in [3.8, 4) is 0 Å². The van der Waals surface area contributed by atoms with Gasteiger partial charge in [-0.05, 0) is 6.42 Å². The van der Waals surface area contributed by atoms with E-state index in [0.29, 0.717) is 0 Å². The van der Waals surface area contributed by atoms with E-state index in [9.17, 15) is 9.59 Å². The third-order valence-electron chi connectivity index (χ3n) is 2.13. The van der Waals surface area contributed by atoms with E-state index in [1.165, 1.54) is 13.8 Å². The number of rotatable bonds is 4. The Morgan fingerprint density at radius 2 is 1.53 bits per heavy atom. The van der Waals surface area contributed by atoms with E-state index in [4.69, 9.17) is 0 Å². The Balaban J connectivity index is 4.79. The third kappa shape index (κ3) is 4.29. The molecule has 0 bridgehead atoms. The van der Waals surface area contributed by atoms with Gasteiger partial charge in [-0.15, -0.1) is 0 Å². The quantitative estimate of drug-likeness (QED) is 0.671. The molecule has 0 aliphatic rings. The van der Waals surface area contributed by atoms with E-state index in [1.54, 1.807) is 23.2 Å². The average molecular weight is 227 g/mol. The van der Waals surface area contributed by atoms with Crippen molar-refractivity contribution in [2.45, 2.75) is 27.2 Å². The molecule has 0 aromatic heterocycles. The number of allylic oxidation sites excluding steroid dienone is 1. The zero-order chi connectivity index (χ0) is 12.0. The first-order chi connectivity index (χ1) is 6.91. The summed E-state index contributed by atoms with van der Waals surface area (Å²) < 4.78 is 3.27. The van der Waals surface area contributed by atoms with E-state index in [1.807, 2.05) is 18.7 Å². The van der Waals surface area contributed by atoms with Crippen molar-refractivity contribution in [3.63, 3.8) is 0 Å². The van der Waals surface area contributed by atoms with E-state index >= 15 is 0 Å². The molecule has 1 radical (unpaired) electrons. The van der Waals surface area contributed by atoms with Gasteiger partial charge in [0.15, 0.2) is 0 Å². The van der Waals surface area contributed by atoms with E-state index < -0.39 is 9.12 Å². The summed E-state index contributed by atoms with van der Waals surface area (Å²) in [7, 11) is 2.09. The van der Waals surface area contributed by atoms with Gasteiger partial charge in [0.2, 0.25) is 11.8 Å². The van der Waals surface area contributed by atoms with Gasteiger partial charge >= 0.3 is 9.12 Å². The molecule has 0 fully saturated rings. The van der Waals surface area contributed by atoms with Crippen molar-refractivity contribution in [1.82, 2.24) is 9.13 Å². The van der Waals surface area contributed by atoms with Crippen LogP contribution in [-0.4, -0.2) is 44.2 Å². The topological polar surface area (TPSA) is 40.6 Å². The molecule has 0 unspecified atom stereocenters. The first kappa shape index (κ1) is 13.9. The lowest BCUT2D eigenvalue weighted by Crippen LogP contribution is -2.51. The summed E-state index contributed by atoms with van der Waals surface area (Å²) in [4.78, 5) is 22.5. The second-order valence-corrected chi connectivity index (χ2v) is 5.72. The van der Waals surface area contributed by atoms with Gasteiger partial charge in [0.05, 0.1) is 0 Å². The maximum absolute atomic E-state index is 11.3. The highest BCUT2D eigenvalue weighted by Gasteiger charge is 2.25. The molecule has 0 N–H and O–H groups in total. The summed E-state index contributed by atoms with van der Waals surface area (Å²) in [6.45, 7) is 5.05. The Morgan fingerprint density at radius 3 is 1.80 bits per heavy atom. The highest BCUT2D eigenvalue weighted by molar-refractivity contribution is 6.63. The fourth-order valence-corrected chi connectivity index (χ4v) is 2.98. The van der Waals surface area contributed by atoms with Gasteiger partial charge in [-0.2, -0.15) is 0 Å². The predicted molar refractivity (Wildman–Crippen MR) is 62.1 cm³/mol. The molecule has 0 aromatic rings. The minimum absolute atomic E-state index is 0.0160. The number of amides is 2. The largest absolute Gasteiger partial charge is 0.351 e. The number of hydrogen-bond acceptors (Lipinski definition) is 2. The van der Waals surface area contributed by atoms with E-state index in [0.717, 1.165) is 6.42 Å². The Kier molecular flexibility index (Phi) is 5.92. The summed E-state index contributed by atoms with van der Waals surface area (Å²) in [6.07, 6.45) is 2.90. The minimum atomic E-state index is -1.37. The first-order valence-corrected chi connectivity index (χ1v) is 6.41. The van der Waals surface area contributed by atoms with Crippen molar-refractivity contribution in [3.05, 3.63) is 11.8 Å². The highest BCUT2D eigenvalue weighted by atomic mass is 28.3. The van der Waals surface area contributed by atoms with Crippen molar-refractivity contribution in [1.29, 1.82) is 0 Å². The molecule has 0 rings (SSSR count). The fourth-order valence-electron chi connectivity index (χ4n) is 0.994. The second kappa shape index (κ2) is 6.39. The van der Waals surface area contributed by atoms with Crippen LogP contribution >= 0.6 is 0 Å². The van der Waals surface area contributed by atoms with Crippen LogP contribution in [0, 0.1) is 0 Å². The minimum Gasteiger partial charge on any atom is -0.351 e. The summed E-state index contributed by atoms with van der Waals surface area (Å²) in [5, 5.41) is 0. The Labute approximate surface area is 93.3 Å². The van der Waals surface area contributed by atoms with Crippen molar-refractivity contribution in [2.75, 3.05) is 14.1 Å². The lowest BCUT2D eigenvalue weighted by atomic mass is 10.5. The second-order valence-electron chi connectivity index (χ2n) is 3.32. The van der Waals surface area contributed by atoms with Gasteiger partial charge < -0.3 is 9.13 Å². The Morgan fingerprint density at radius 1 is 1.13 bits per heavy atom. The van der Waals surface area contributed by atoms with Crippen LogP contribution in [0.2, 0.25) is 0 Å². The molecule has 0 atom stereocenters. The number of nitrogens with zero attached hydrogens (tertiary/aromatic N) is 2. The van der Waals surface area contributed by atoms with E-state index in [2.05, 4.69) is 0 Å². The lowest BCUT2D eigenvalue weighted by Gasteiger charge is -2.29. The van der Waals surface area contributed by atoms with E-state index in [-0.39, 0.29) is 11.8 Å². The standard InChI is InChI=1S/C10H19N2O2Si/c1-6-7-8-15(11(4)9(2)13)12(5)10(3)14/h7-8H,6H2,1-5H3. The Bertz CT molecular complexity index is 246. The first-order valence-electron chi connectivity index (χ1n) is 4.93. The Hall–Kier alpha value is -1.10. The molecular formula is C10H19N2O2Si. The monoisotopic (exact) mass is 227 g/mol. The SMILES string of the molecule is CCC=C[Si](N(C)C(C)=O)N(C)C(C)=O. The van der Waals surface area contributed by atoms with Gasteiger partial charge in [0.1, 0.15) is 0 Å². The molecule has 0 aliphatic carbocycles.